The fourth-order valence-electron chi connectivity index (χ4n) is 1.37. The number of nitriles is 1. The van der Waals surface area contributed by atoms with Crippen LogP contribution < -0.4 is 0 Å². The third-order valence-electron chi connectivity index (χ3n) is 2.14. The van der Waals surface area contributed by atoms with Crippen molar-refractivity contribution in [2.24, 2.45) is 0 Å². The summed E-state index contributed by atoms with van der Waals surface area (Å²) >= 11 is 0. The highest BCUT2D eigenvalue weighted by Gasteiger charge is 2.13. The number of carbonyl (C=O) groups is 1. The molecule has 0 atom stereocenters. The van der Waals surface area contributed by atoms with Gasteiger partial charge in [0.1, 0.15) is 5.82 Å². The Kier molecular flexibility index (Phi) is 5.39. The first-order valence-corrected chi connectivity index (χ1v) is 5.63. The van der Waals surface area contributed by atoms with Crippen LogP contribution in [0.25, 0.3) is 6.08 Å². The minimum Gasteiger partial charge on any atom is -0.461 e. The summed E-state index contributed by atoms with van der Waals surface area (Å²) in [6.45, 7) is 6.10. The molecule has 0 amide bonds. The van der Waals surface area contributed by atoms with Gasteiger partial charge in [-0.3, -0.25) is 0 Å². The molecule has 94 valence electrons. The minimum atomic E-state index is -0.457. The molecule has 5 heteroatoms. The summed E-state index contributed by atoms with van der Waals surface area (Å²) in [6.07, 6.45) is 7.02. The van der Waals surface area contributed by atoms with Gasteiger partial charge in [0.05, 0.1) is 19.1 Å². The standard InChI is InChI=1S/C13H15N3O2/c1-3-5-7-12-15-11(13(17)18-4-2)10-16(12)9-6-8-14/h3,5,7,10H,1,4,6,9H2,2H3/b7-5-. The lowest BCUT2D eigenvalue weighted by molar-refractivity contribution is 0.0520. The maximum atomic E-state index is 11.6. The van der Waals surface area contributed by atoms with Crippen molar-refractivity contribution < 1.29 is 9.53 Å². The van der Waals surface area contributed by atoms with Crippen LogP contribution in [0.15, 0.2) is 24.9 Å². The zero-order valence-corrected chi connectivity index (χ0v) is 10.3. The van der Waals surface area contributed by atoms with E-state index in [2.05, 4.69) is 17.6 Å². The lowest BCUT2D eigenvalue weighted by Gasteiger charge is -1.99. The highest BCUT2D eigenvalue weighted by atomic mass is 16.5. The molecule has 0 fully saturated rings. The van der Waals surface area contributed by atoms with Crippen molar-refractivity contribution >= 4 is 12.0 Å². The van der Waals surface area contributed by atoms with Crippen LogP contribution in [0.2, 0.25) is 0 Å². The summed E-state index contributed by atoms with van der Waals surface area (Å²) in [5, 5.41) is 8.59. The molecule has 1 aromatic rings. The van der Waals surface area contributed by atoms with E-state index in [-0.39, 0.29) is 5.69 Å². The van der Waals surface area contributed by atoms with E-state index in [1.54, 1.807) is 35.9 Å². The molecule has 0 bridgehead atoms. The molecular formula is C13H15N3O2. The van der Waals surface area contributed by atoms with Crippen LogP contribution in [0, 0.1) is 11.3 Å². The number of esters is 1. The first-order valence-electron chi connectivity index (χ1n) is 5.63. The molecule has 5 nitrogen and oxygen atoms in total. The number of rotatable bonds is 6. The maximum absolute atomic E-state index is 11.6. The Balaban J connectivity index is 2.98. The largest absolute Gasteiger partial charge is 0.461 e. The predicted molar refractivity (Wildman–Crippen MR) is 67.6 cm³/mol. The molecule has 0 saturated carbocycles. The third-order valence-corrected chi connectivity index (χ3v) is 2.14. The van der Waals surface area contributed by atoms with E-state index in [9.17, 15) is 4.79 Å². The smallest absolute Gasteiger partial charge is 0.358 e. The Bertz CT molecular complexity index is 495. The molecule has 1 aromatic heterocycles. The van der Waals surface area contributed by atoms with Gasteiger partial charge in [-0.25, -0.2) is 9.78 Å². The number of aryl methyl sites for hydroxylation is 1. The molecule has 0 aliphatic carbocycles. The number of hydrogen-bond donors (Lipinski definition) is 0. The molecular weight excluding hydrogens is 230 g/mol. The number of carbonyl (C=O) groups excluding carboxylic acids is 1. The number of hydrogen-bond acceptors (Lipinski definition) is 4. The quantitative estimate of drug-likeness (QED) is 0.569. The van der Waals surface area contributed by atoms with Gasteiger partial charge in [0.2, 0.25) is 0 Å². The highest BCUT2D eigenvalue weighted by molar-refractivity contribution is 5.87. The van der Waals surface area contributed by atoms with E-state index < -0.39 is 5.97 Å². The zero-order valence-electron chi connectivity index (χ0n) is 10.3. The normalized spacial score (nSPS) is 10.2. The minimum absolute atomic E-state index is 0.249. The fraction of sp³-hybridized carbons (Fsp3) is 0.308. The monoisotopic (exact) mass is 245 g/mol. The average Bonchev–Trinajstić information content (AvgIpc) is 2.77. The summed E-state index contributed by atoms with van der Waals surface area (Å²) < 4.78 is 6.63. The second-order valence-corrected chi connectivity index (χ2v) is 3.40. The molecule has 0 saturated heterocycles. The Morgan fingerprint density at radius 2 is 2.50 bits per heavy atom. The van der Waals surface area contributed by atoms with Crippen molar-refractivity contribution in [3.8, 4) is 6.07 Å². The molecule has 18 heavy (non-hydrogen) atoms. The Morgan fingerprint density at radius 3 is 3.11 bits per heavy atom. The van der Waals surface area contributed by atoms with Crippen LogP contribution in [0.3, 0.4) is 0 Å². The van der Waals surface area contributed by atoms with E-state index in [0.29, 0.717) is 25.4 Å². The van der Waals surface area contributed by atoms with Gasteiger partial charge in [-0.1, -0.05) is 18.7 Å². The van der Waals surface area contributed by atoms with E-state index in [1.807, 2.05) is 0 Å². The predicted octanol–water partition coefficient (Wildman–Crippen LogP) is 2.17. The number of imidazole rings is 1. The van der Waals surface area contributed by atoms with E-state index >= 15 is 0 Å². The van der Waals surface area contributed by atoms with Gasteiger partial charge in [0.15, 0.2) is 5.69 Å². The van der Waals surface area contributed by atoms with Crippen LogP contribution in [0.4, 0.5) is 0 Å². The average molecular weight is 245 g/mol. The molecule has 0 aliphatic rings. The van der Waals surface area contributed by atoms with Gasteiger partial charge in [-0.15, -0.1) is 0 Å². The van der Waals surface area contributed by atoms with Crippen LogP contribution in [0.5, 0.6) is 0 Å². The maximum Gasteiger partial charge on any atom is 0.358 e. The van der Waals surface area contributed by atoms with E-state index in [4.69, 9.17) is 10.00 Å². The number of allylic oxidation sites excluding steroid dienone is 2. The Morgan fingerprint density at radius 1 is 1.72 bits per heavy atom. The Labute approximate surface area is 106 Å². The first kappa shape index (κ1) is 13.7. The van der Waals surface area contributed by atoms with Gasteiger partial charge in [0, 0.05) is 12.7 Å². The van der Waals surface area contributed by atoms with Crippen molar-refractivity contribution in [3.63, 3.8) is 0 Å². The van der Waals surface area contributed by atoms with Crippen molar-refractivity contribution in [1.82, 2.24) is 9.55 Å². The summed E-state index contributed by atoms with van der Waals surface area (Å²) in [5.41, 5.74) is 0.249. The topological polar surface area (TPSA) is 67.9 Å². The summed E-state index contributed by atoms with van der Waals surface area (Å²) in [6, 6.07) is 2.05. The van der Waals surface area contributed by atoms with Crippen molar-refractivity contribution in [3.05, 3.63) is 36.4 Å². The SMILES string of the molecule is C=C/C=C\c1nc(C(=O)OCC)cn1CCC#N. The van der Waals surface area contributed by atoms with Crippen LogP contribution in [0.1, 0.15) is 29.7 Å². The lowest BCUT2D eigenvalue weighted by atomic mass is 10.4. The highest BCUT2D eigenvalue weighted by Crippen LogP contribution is 2.08. The lowest BCUT2D eigenvalue weighted by Crippen LogP contribution is -2.04. The molecule has 0 unspecified atom stereocenters. The fourth-order valence-corrected chi connectivity index (χ4v) is 1.37. The van der Waals surface area contributed by atoms with Gasteiger partial charge < -0.3 is 9.30 Å². The first-order chi connectivity index (χ1) is 8.72. The number of aromatic nitrogens is 2. The molecule has 1 heterocycles. The van der Waals surface area contributed by atoms with Gasteiger partial charge >= 0.3 is 5.97 Å². The molecule has 1 rings (SSSR count). The molecule has 0 aliphatic heterocycles. The second-order valence-electron chi connectivity index (χ2n) is 3.40. The molecule has 0 spiro atoms. The molecule has 0 aromatic carbocycles. The number of nitrogens with zero attached hydrogens (tertiary/aromatic N) is 3. The van der Waals surface area contributed by atoms with Crippen molar-refractivity contribution in [2.45, 2.75) is 19.9 Å². The van der Waals surface area contributed by atoms with Crippen molar-refractivity contribution in [1.29, 1.82) is 5.26 Å². The second kappa shape index (κ2) is 7.07. The number of ether oxygens (including phenoxy) is 1. The van der Waals surface area contributed by atoms with Crippen LogP contribution >= 0.6 is 0 Å². The van der Waals surface area contributed by atoms with Crippen LogP contribution in [-0.4, -0.2) is 22.1 Å². The van der Waals surface area contributed by atoms with Gasteiger partial charge in [-0.05, 0) is 13.0 Å². The van der Waals surface area contributed by atoms with E-state index in [0.717, 1.165) is 0 Å². The summed E-state index contributed by atoms with van der Waals surface area (Å²) in [7, 11) is 0. The zero-order chi connectivity index (χ0) is 13.4. The van der Waals surface area contributed by atoms with Crippen LogP contribution in [-0.2, 0) is 11.3 Å². The van der Waals surface area contributed by atoms with Crippen molar-refractivity contribution in [2.75, 3.05) is 6.61 Å². The van der Waals surface area contributed by atoms with Gasteiger partial charge in [-0.2, -0.15) is 5.26 Å². The summed E-state index contributed by atoms with van der Waals surface area (Å²) in [5.74, 6) is 0.148. The van der Waals surface area contributed by atoms with Gasteiger partial charge in [0.25, 0.3) is 0 Å². The third kappa shape index (κ3) is 3.59. The summed E-state index contributed by atoms with van der Waals surface area (Å²) in [4.78, 5) is 15.7. The van der Waals surface area contributed by atoms with E-state index in [1.165, 1.54) is 0 Å². The Hall–Kier alpha value is -2.35. The molecule has 0 N–H and O–H groups in total. The molecule has 0 radical (unpaired) electrons.